The fraction of sp³-hybridized carbons (Fsp3) is 0.500. The number of amides is 1. The van der Waals surface area contributed by atoms with Gasteiger partial charge in [-0.15, -0.1) is 0 Å². The largest absolute Gasteiger partial charge is 0.344 e. The number of aromatic nitrogens is 2. The average Bonchev–Trinajstić information content (AvgIpc) is 3.34. The van der Waals surface area contributed by atoms with Crippen molar-refractivity contribution in [3.63, 3.8) is 0 Å². The second kappa shape index (κ2) is 5.18. The van der Waals surface area contributed by atoms with Crippen LogP contribution in [0.1, 0.15) is 36.4 Å². The van der Waals surface area contributed by atoms with Gasteiger partial charge >= 0.3 is 0 Å². The smallest absolute Gasteiger partial charge is 0.243 e. The molecule has 0 N–H and O–H groups in total. The standard InChI is InChI=1S/C20H24N4O/c1-14-11-16(24-10-4-8-21-24)5-6-17(14)18-12-15-13-22(2)19(25)20(15)7-3-9-23(18)20/h4-6,8,10-11,15,18H,3,7,9,12-13H2,1-2H3/t15-,18-,20-/m0/s1. The number of likely N-dealkylation sites (N-methyl/N-ethyl adjacent to an activating group) is 1. The number of hydrogen-bond donors (Lipinski definition) is 0. The van der Waals surface area contributed by atoms with Gasteiger partial charge in [0.05, 0.1) is 5.69 Å². The van der Waals surface area contributed by atoms with Crippen LogP contribution in [0.15, 0.2) is 36.7 Å². The van der Waals surface area contributed by atoms with E-state index in [0.717, 1.165) is 38.0 Å². The van der Waals surface area contributed by atoms with E-state index < -0.39 is 0 Å². The lowest BCUT2D eigenvalue weighted by Crippen LogP contribution is -2.49. The molecule has 3 aliphatic rings. The number of carbonyl (C=O) groups is 1. The molecule has 0 aliphatic carbocycles. The molecular formula is C20H24N4O. The summed E-state index contributed by atoms with van der Waals surface area (Å²) in [6, 6.07) is 8.93. The molecule has 2 aromatic rings. The number of nitrogens with zero attached hydrogens (tertiary/aromatic N) is 4. The summed E-state index contributed by atoms with van der Waals surface area (Å²) in [6.45, 7) is 4.14. The van der Waals surface area contributed by atoms with E-state index in [0.29, 0.717) is 17.9 Å². The van der Waals surface area contributed by atoms with Crippen molar-refractivity contribution in [2.45, 2.75) is 37.8 Å². The minimum atomic E-state index is -0.216. The fourth-order valence-corrected chi connectivity index (χ4v) is 5.59. The summed E-state index contributed by atoms with van der Waals surface area (Å²) < 4.78 is 1.90. The SMILES string of the molecule is Cc1cc(-n2cccn2)ccc1[C@@H]1C[C@H]2CN(C)C(=O)[C@]23CCCN13. The third-order valence-electron chi connectivity index (χ3n) is 6.62. The molecule has 3 fully saturated rings. The summed E-state index contributed by atoms with van der Waals surface area (Å²) in [5.41, 5.74) is 3.55. The molecule has 1 spiro atoms. The number of benzene rings is 1. The summed E-state index contributed by atoms with van der Waals surface area (Å²) >= 11 is 0. The molecular weight excluding hydrogens is 312 g/mol. The normalized spacial score (nSPS) is 31.6. The van der Waals surface area contributed by atoms with Crippen LogP contribution in [0.25, 0.3) is 5.69 Å². The third-order valence-corrected chi connectivity index (χ3v) is 6.62. The highest BCUT2D eigenvalue weighted by Crippen LogP contribution is 2.56. The summed E-state index contributed by atoms with van der Waals surface area (Å²) in [6.07, 6.45) is 7.03. The maximum atomic E-state index is 12.9. The molecule has 3 aliphatic heterocycles. The van der Waals surface area contributed by atoms with Gasteiger partial charge in [0.1, 0.15) is 5.54 Å². The molecule has 0 radical (unpaired) electrons. The molecule has 25 heavy (non-hydrogen) atoms. The Morgan fingerprint density at radius 2 is 2.20 bits per heavy atom. The molecule has 1 aromatic carbocycles. The molecule has 5 rings (SSSR count). The molecule has 5 heteroatoms. The lowest BCUT2D eigenvalue weighted by molar-refractivity contribution is -0.135. The van der Waals surface area contributed by atoms with Crippen LogP contribution in [-0.2, 0) is 4.79 Å². The van der Waals surface area contributed by atoms with E-state index in [1.165, 1.54) is 11.1 Å². The summed E-state index contributed by atoms with van der Waals surface area (Å²) in [4.78, 5) is 17.4. The van der Waals surface area contributed by atoms with Gasteiger partial charge in [-0.25, -0.2) is 4.68 Å². The quantitative estimate of drug-likeness (QED) is 0.846. The maximum Gasteiger partial charge on any atom is 0.243 e. The minimum absolute atomic E-state index is 0.216. The molecule has 3 saturated heterocycles. The lowest BCUT2D eigenvalue weighted by Gasteiger charge is -2.33. The lowest BCUT2D eigenvalue weighted by atomic mass is 9.85. The van der Waals surface area contributed by atoms with Crippen LogP contribution < -0.4 is 0 Å². The third kappa shape index (κ3) is 1.93. The molecule has 1 amide bonds. The number of aryl methyl sites for hydroxylation is 1. The van der Waals surface area contributed by atoms with Crippen molar-refractivity contribution in [1.29, 1.82) is 0 Å². The van der Waals surface area contributed by atoms with Gasteiger partial charge in [-0.05, 0) is 62.1 Å². The Morgan fingerprint density at radius 3 is 2.96 bits per heavy atom. The summed E-state index contributed by atoms with van der Waals surface area (Å²) in [7, 11) is 1.96. The zero-order chi connectivity index (χ0) is 17.2. The monoisotopic (exact) mass is 336 g/mol. The first-order chi connectivity index (χ1) is 12.1. The molecule has 4 heterocycles. The van der Waals surface area contributed by atoms with Crippen LogP contribution in [-0.4, -0.2) is 51.2 Å². The first kappa shape index (κ1) is 15.1. The molecule has 0 unspecified atom stereocenters. The molecule has 0 saturated carbocycles. The Labute approximate surface area is 148 Å². The van der Waals surface area contributed by atoms with Gasteiger partial charge in [0, 0.05) is 37.9 Å². The highest BCUT2D eigenvalue weighted by Gasteiger charge is 2.64. The van der Waals surface area contributed by atoms with Crippen molar-refractivity contribution >= 4 is 5.91 Å². The molecule has 3 atom stereocenters. The Hall–Kier alpha value is -2.14. The molecule has 130 valence electrons. The van der Waals surface area contributed by atoms with Gasteiger partial charge in [0.25, 0.3) is 0 Å². The van der Waals surface area contributed by atoms with Crippen LogP contribution in [0.5, 0.6) is 0 Å². The predicted molar refractivity (Wildman–Crippen MR) is 95.5 cm³/mol. The Morgan fingerprint density at radius 1 is 1.32 bits per heavy atom. The van der Waals surface area contributed by atoms with Crippen LogP contribution in [0.4, 0.5) is 0 Å². The zero-order valence-electron chi connectivity index (χ0n) is 14.9. The molecule has 0 bridgehead atoms. The van der Waals surface area contributed by atoms with Crippen molar-refractivity contribution in [2.75, 3.05) is 20.1 Å². The van der Waals surface area contributed by atoms with E-state index in [1.54, 1.807) is 6.20 Å². The number of hydrogen-bond acceptors (Lipinski definition) is 3. The van der Waals surface area contributed by atoms with Gasteiger partial charge in [0.2, 0.25) is 5.91 Å². The van der Waals surface area contributed by atoms with Crippen molar-refractivity contribution in [2.24, 2.45) is 5.92 Å². The van der Waals surface area contributed by atoms with Gasteiger partial charge in [-0.3, -0.25) is 9.69 Å². The Balaban J connectivity index is 1.52. The van der Waals surface area contributed by atoms with Crippen LogP contribution in [0, 0.1) is 12.8 Å². The zero-order valence-corrected chi connectivity index (χ0v) is 14.9. The van der Waals surface area contributed by atoms with E-state index in [4.69, 9.17) is 0 Å². The van der Waals surface area contributed by atoms with Gasteiger partial charge < -0.3 is 4.90 Å². The first-order valence-corrected chi connectivity index (χ1v) is 9.24. The highest BCUT2D eigenvalue weighted by molar-refractivity contribution is 5.90. The Bertz CT molecular complexity index is 830. The minimum Gasteiger partial charge on any atom is -0.344 e. The number of carbonyl (C=O) groups excluding carboxylic acids is 1. The van der Waals surface area contributed by atoms with Crippen molar-refractivity contribution in [3.8, 4) is 5.69 Å². The first-order valence-electron chi connectivity index (χ1n) is 9.24. The topological polar surface area (TPSA) is 41.4 Å². The van der Waals surface area contributed by atoms with E-state index in [1.807, 2.05) is 28.9 Å². The number of rotatable bonds is 2. The average molecular weight is 336 g/mol. The van der Waals surface area contributed by atoms with E-state index in [-0.39, 0.29) is 5.54 Å². The van der Waals surface area contributed by atoms with Crippen molar-refractivity contribution in [3.05, 3.63) is 47.8 Å². The van der Waals surface area contributed by atoms with Gasteiger partial charge in [-0.1, -0.05) is 6.07 Å². The van der Waals surface area contributed by atoms with Crippen LogP contribution in [0.3, 0.4) is 0 Å². The molecule has 5 nitrogen and oxygen atoms in total. The highest BCUT2D eigenvalue weighted by atomic mass is 16.2. The summed E-state index contributed by atoms with van der Waals surface area (Å²) in [5, 5.41) is 4.33. The van der Waals surface area contributed by atoms with Gasteiger partial charge in [-0.2, -0.15) is 5.10 Å². The summed E-state index contributed by atoms with van der Waals surface area (Å²) in [5.74, 6) is 0.825. The van der Waals surface area contributed by atoms with E-state index in [2.05, 4.69) is 35.1 Å². The second-order valence-corrected chi connectivity index (χ2v) is 7.85. The maximum absolute atomic E-state index is 12.9. The predicted octanol–water partition coefficient (Wildman–Crippen LogP) is 2.55. The van der Waals surface area contributed by atoms with E-state index in [9.17, 15) is 4.79 Å². The Kier molecular flexibility index (Phi) is 3.14. The fourth-order valence-electron chi connectivity index (χ4n) is 5.59. The van der Waals surface area contributed by atoms with Gasteiger partial charge in [0.15, 0.2) is 0 Å². The van der Waals surface area contributed by atoms with Crippen LogP contribution >= 0.6 is 0 Å². The number of likely N-dealkylation sites (tertiary alicyclic amines) is 1. The van der Waals surface area contributed by atoms with E-state index >= 15 is 0 Å². The van der Waals surface area contributed by atoms with Crippen LogP contribution in [0.2, 0.25) is 0 Å². The van der Waals surface area contributed by atoms with Crippen molar-refractivity contribution < 1.29 is 4.79 Å². The molecule has 1 aromatic heterocycles. The second-order valence-electron chi connectivity index (χ2n) is 7.85. The van der Waals surface area contributed by atoms with Crippen molar-refractivity contribution in [1.82, 2.24) is 19.6 Å².